The van der Waals surface area contributed by atoms with Gasteiger partial charge in [-0.1, -0.05) is 5.16 Å². The lowest BCUT2D eigenvalue weighted by molar-refractivity contribution is 0.147. The Morgan fingerprint density at radius 1 is 1.30 bits per heavy atom. The minimum atomic E-state index is -0.202. The number of carbonyl (C=O) groups excluding carboxylic acids is 1. The molecule has 0 radical (unpaired) electrons. The van der Waals surface area contributed by atoms with Gasteiger partial charge in [-0.3, -0.25) is 0 Å². The SMILES string of the molecule is COc1ccc(NC(=O)N2CC(c3nc(-c4ccsc4)no3)C2)c(OC)c1. The van der Waals surface area contributed by atoms with Gasteiger partial charge in [0.1, 0.15) is 11.5 Å². The molecule has 0 spiro atoms. The molecule has 4 rings (SSSR count). The zero-order valence-electron chi connectivity index (χ0n) is 14.8. The highest BCUT2D eigenvalue weighted by atomic mass is 32.1. The van der Waals surface area contributed by atoms with Crippen molar-refractivity contribution in [3.8, 4) is 22.9 Å². The number of benzene rings is 1. The predicted octanol–water partition coefficient (Wildman–Crippen LogP) is 3.45. The molecular weight excluding hydrogens is 368 g/mol. The van der Waals surface area contributed by atoms with Crippen molar-refractivity contribution >= 4 is 23.1 Å². The van der Waals surface area contributed by atoms with Gasteiger partial charge in [-0.15, -0.1) is 0 Å². The van der Waals surface area contributed by atoms with E-state index in [0.29, 0.717) is 42.0 Å². The molecule has 1 aromatic carbocycles. The van der Waals surface area contributed by atoms with Crippen molar-refractivity contribution in [2.75, 3.05) is 32.6 Å². The minimum Gasteiger partial charge on any atom is -0.497 e. The Labute approximate surface area is 159 Å². The Morgan fingerprint density at radius 3 is 2.85 bits per heavy atom. The number of hydrogen-bond acceptors (Lipinski definition) is 7. The zero-order valence-corrected chi connectivity index (χ0v) is 15.7. The lowest BCUT2D eigenvalue weighted by Gasteiger charge is -2.36. The van der Waals surface area contributed by atoms with Gasteiger partial charge in [0.05, 0.1) is 25.8 Å². The summed E-state index contributed by atoms with van der Waals surface area (Å²) in [6.07, 6.45) is 0. The maximum Gasteiger partial charge on any atom is 0.321 e. The number of ether oxygens (including phenoxy) is 2. The molecule has 2 aromatic heterocycles. The Kier molecular flexibility index (Phi) is 4.68. The van der Waals surface area contributed by atoms with E-state index in [1.807, 2.05) is 16.8 Å². The highest BCUT2D eigenvalue weighted by Crippen LogP contribution is 2.32. The van der Waals surface area contributed by atoms with E-state index >= 15 is 0 Å². The number of urea groups is 1. The van der Waals surface area contributed by atoms with Gasteiger partial charge in [-0.2, -0.15) is 16.3 Å². The van der Waals surface area contributed by atoms with E-state index < -0.39 is 0 Å². The summed E-state index contributed by atoms with van der Waals surface area (Å²) in [5.74, 6) is 2.39. The maximum absolute atomic E-state index is 12.4. The number of aromatic nitrogens is 2. The van der Waals surface area contributed by atoms with Crippen LogP contribution in [0.3, 0.4) is 0 Å². The minimum absolute atomic E-state index is 0.0494. The van der Waals surface area contributed by atoms with Crippen LogP contribution >= 0.6 is 11.3 Å². The molecule has 140 valence electrons. The fourth-order valence-corrected chi connectivity index (χ4v) is 3.44. The second-order valence-electron chi connectivity index (χ2n) is 6.07. The number of rotatable bonds is 5. The van der Waals surface area contributed by atoms with Gasteiger partial charge in [0.25, 0.3) is 0 Å². The quantitative estimate of drug-likeness (QED) is 0.722. The normalized spacial score (nSPS) is 13.9. The molecule has 9 heteroatoms. The number of amides is 2. The molecule has 0 bridgehead atoms. The Bertz CT molecular complexity index is 935. The van der Waals surface area contributed by atoms with Crippen molar-refractivity contribution in [3.05, 3.63) is 40.9 Å². The number of thiophene rings is 1. The molecule has 1 aliphatic heterocycles. The molecule has 1 saturated heterocycles. The van der Waals surface area contributed by atoms with Gasteiger partial charge in [-0.25, -0.2) is 4.79 Å². The molecule has 0 saturated carbocycles. The lowest BCUT2D eigenvalue weighted by atomic mass is 10.0. The number of methoxy groups -OCH3 is 2. The topological polar surface area (TPSA) is 89.7 Å². The molecule has 2 amide bonds. The van der Waals surface area contributed by atoms with Gasteiger partial charge in [0.15, 0.2) is 0 Å². The molecule has 3 heterocycles. The van der Waals surface area contributed by atoms with E-state index in [2.05, 4.69) is 15.5 Å². The number of hydrogen-bond donors (Lipinski definition) is 1. The number of likely N-dealkylation sites (tertiary alicyclic amines) is 1. The van der Waals surface area contributed by atoms with Crippen molar-refractivity contribution in [2.45, 2.75) is 5.92 Å². The molecule has 27 heavy (non-hydrogen) atoms. The molecule has 1 fully saturated rings. The molecule has 0 atom stereocenters. The first kappa shape index (κ1) is 17.3. The fourth-order valence-electron chi connectivity index (χ4n) is 2.81. The second-order valence-corrected chi connectivity index (χ2v) is 6.85. The first-order valence-corrected chi connectivity index (χ1v) is 9.26. The summed E-state index contributed by atoms with van der Waals surface area (Å²) in [6.45, 7) is 1.05. The Hall–Kier alpha value is -3.07. The van der Waals surface area contributed by atoms with Gasteiger partial charge in [0, 0.05) is 30.1 Å². The monoisotopic (exact) mass is 386 g/mol. The fraction of sp³-hybridized carbons (Fsp3) is 0.278. The van der Waals surface area contributed by atoms with E-state index in [1.165, 1.54) is 0 Å². The predicted molar refractivity (Wildman–Crippen MR) is 100 cm³/mol. The molecule has 0 aliphatic carbocycles. The van der Waals surface area contributed by atoms with Crippen LogP contribution in [-0.2, 0) is 0 Å². The molecule has 0 unspecified atom stereocenters. The first-order valence-electron chi connectivity index (χ1n) is 8.32. The molecule has 3 aromatic rings. The van der Waals surface area contributed by atoms with Gasteiger partial charge >= 0.3 is 6.03 Å². The number of anilines is 1. The maximum atomic E-state index is 12.4. The standard InChI is InChI=1S/C18H18N4O4S/c1-24-13-3-4-14(15(7-13)25-2)19-18(23)22-8-12(9-22)17-20-16(21-26-17)11-5-6-27-10-11/h3-7,10,12H,8-9H2,1-2H3,(H,19,23). The summed E-state index contributed by atoms with van der Waals surface area (Å²) in [6, 6.07) is 6.98. The van der Waals surface area contributed by atoms with Crippen molar-refractivity contribution in [3.63, 3.8) is 0 Å². The van der Waals surface area contributed by atoms with Crippen molar-refractivity contribution in [2.24, 2.45) is 0 Å². The number of nitrogens with zero attached hydrogens (tertiary/aromatic N) is 3. The smallest absolute Gasteiger partial charge is 0.321 e. The van der Waals surface area contributed by atoms with Crippen molar-refractivity contribution in [1.29, 1.82) is 0 Å². The van der Waals surface area contributed by atoms with E-state index in [9.17, 15) is 4.79 Å². The van der Waals surface area contributed by atoms with Crippen LogP contribution < -0.4 is 14.8 Å². The van der Waals surface area contributed by atoms with Crippen LogP contribution in [0.15, 0.2) is 39.5 Å². The zero-order chi connectivity index (χ0) is 18.8. The molecule has 1 N–H and O–H groups in total. The van der Waals surface area contributed by atoms with E-state index in [1.54, 1.807) is 48.7 Å². The van der Waals surface area contributed by atoms with Crippen LogP contribution in [0.2, 0.25) is 0 Å². The molecule has 1 aliphatic rings. The highest BCUT2D eigenvalue weighted by molar-refractivity contribution is 7.08. The van der Waals surface area contributed by atoms with Crippen LogP contribution in [0.4, 0.5) is 10.5 Å². The van der Waals surface area contributed by atoms with Crippen LogP contribution in [0, 0.1) is 0 Å². The number of nitrogens with one attached hydrogen (secondary N) is 1. The Balaban J connectivity index is 1.36. The summed E-state index contributed by atoms with van der Waals surface area (Å²) in [4.78, 5) is 18.6. The summed E-state index contributed by atoms with van der Waals surface area (Å²) in [5, 5.41) is 10.8. The Morgan fingerprint density at radius 2 is 2.15 bits per heavy atom. The molecule has 8 nitrogen and oxygen atoms in total. The first-order chi connectivity index (χ1) is 13.2. The van der Waals surface area contributed by atoms with Crippen LogP contribution in [0.5, 0.6) is 11.5 Å². The van der Waals surface area contributed by atoms with E-state index in [0.717, 1.165) is 5.56 Å². The largest absolute Gasteiger partial charge is 0.497 e. The van der Waals surface area contributed by atoms with Gasteiger partial charge in [0.2, 0.25) is 11.7 Å². The van der Waals surface area contributed by atoms with E-state index in [-0.39, 0.29) is 11.9 Å². The third-order valence-corrected chi connectivity index (χ3v) is 5.07. The lowest BCUT2D eigenvalue weighted by Crippen LogP contribution is -2.50. The average Bonchev–Trinajstić information content (AvgIpc) is 3.32. The summed E-state index contributed by atoms with van der Waals surface area (Å²) in [7, 11) is 3.12. The average molecular weight is 386 g/mol. The summed E-state index contributed by atoms with van der Waals surface area (Å²) in [5.41, 5.74) is 1.53. The van der Waals surface area contributed by atoms with Crippen molar-refractivity contribution in [1.82, 2.24) is 15.0 Å². The van der Waals surface area contributed by atoms with Crippen molar-refractivity contribution < 1.29 is 18.8 Å². The number of carbonyl (C=O) groups is 1. The van der Waals surface area contributed by atoms with Crippen LogP contribution in [0.25, 0.3) is 11.4 Å². The third kappa shape index (κ3) is 3.45. The third-order valence-electron chi connectivity index (χ3n) is 4.39. The van der Waals surface area contributed by atoms with E-state index in [4.69, 9.17) is 14.0 Å². The second kappa shape index (κ2) is 7.28. The van der Waals surface area contributed by atoms with Gasteiger partial charge in [-0.05, 0) is 23.6 Å². The van der Waals surface area contributed by atoms with Crippen LogP contribution in [0.1, 0.15) is 11.8 Å². The highest BCUT2D eigenvalue weighted by Gasteiger charge is 2.36. The summed E-state index contributed by atoms with van der Waals surface area (Å²) < 4.78 is 15.8. The summed E-state index contributed by atoms with van der Waals surface area (Å²) >= 11 is 1.58. The molecular formula is C18H18N4O4S. The van der Waals surface area contributed by atoms with Gasteiger partial charge < -0.3 is 24.2 Å². The van der Waals surface area contributed by atoms with Crippen LogP contribution in [-0.4, -0.2) is 48.4 Å².